The van der Waals surface area contributed by atoms with Gasteiger partial charge in [-0.2, -0.15) is 0 Å². The van der Waals surface area contributed by atoms with Gasteiger partial charge in [0.15, 0.2) is 6.61 Å². The molecule has 1 aliphatic rings. The number of hydrogen-bond acceptors (Lipinski definition) is 4. The SMILES string of the molecule is CC1CCCCC1NC(=O)COc1ccc([N+](=O)[O-])cc1Cl. The Morgan fingerprint density at radius 1 is 1.45 bits per heavy atom. The summed E-state index contributed by atoms with van der Waals surface area (Å²) >= 11 is 5.91. The zero-order valence-electron chi connectivity index (χ0n) is 12.4. The number of carbonyl (C=O) groups is 1. The quantitative estimate of drug-likeness (QED) is 0.664. The van der Waals surface area contributed by atoms with Crippen molar-refractivity contribution in [3.05, 3.63) is 33.3 Å². The molecule has 2 unspecified atom stereocenters. The molecule has 0 bridgehead atoms. The lowest BCUT2D eigenvalue weighted by molar-refractivity contribution is -0.384. The van der Waals surface area contributed by atoms with Crippen LogP contribution in [-0.2, 0) is 4.79 Å². The van der Waals surface area contributed by atoms with E-state index in [1.807, 2.05) is 0 Å². The van der Waals surface area contributed by atoms with E-state index in [2.05, 4.69) is 12.2 Å². The highest BCUT2D eigenvalue weighted by Crippen LogP contribution is 2.28. The lowest BCUT2D eigenvalue weighted by Crippen LogP contribution is -2.43. The Hall–Kier alpha value is -1.82. The number of rotatable bonds is 5. The number of nitrogens with zero attached hydrogens (tertiary/aromatic N) is 1. The van der Waals surface area contributed by atoms with Gasteiger partial charge in [-0.25, -0.2) is 0 Å². The summed E-state index contributed by atoms with van der Waals surface area (Å²) in [5.74, 6) is 0.535. The first-order valence-electron chi connectivity index (χ1n) is 7.33. The molecule has 22 heavy (non-hydrogen) atoms. The molecule has 2 atom stereocenters. The van der Waals surface area contributed by atoms with Crippen molar-refractivity contribution in [1.82, 2.24) is 5.32 Å². The van der Waals surface area contributed by atoms with E-state index < -0.39 is 4.92 Å². The van der Waals surface area contributed by atoms with Crippen LogP contribution in [0.3, 0.4) is 0 Å². The van der Waals surface area contributed by atoms with Crippen LogP contribution in [-0.4, -0.2) is 23.5 Å². The molecule has 1 aromatic rings. The Kier molecular flexibility index (Phi) is 5.60. The monoisotopic (exact) mass is 326 g/mol. The molecular formula is C15H19ClN2O4. The first-order chi connectivity index (χ1) is 10.5. The van der Waals surface area contributed by atoms with Gasteiger partial charge in [0.1, 0.15) is 5.75 Å². The average Bonchev–Trinajstić information content (AvgIpc) is 2.48. The van der Waals surface area contributed by atoms with Crippen LogP contribution < -0.4 is 10.1 Å². The Morgan fingerprint density at radius 2 is 2.18 bits per heavy atom. The summed E-state index contributed by atoms with van der Waals surface area (Å²) in [6, 6.07) is 4.09. The number of amides is 1. The van der Waals surface area contributed by atoms with Gasteiger partial charge in [0.2, 0.25) is 0 Å². The number of carbonyl (C=O) groups excluding carboxylic acids is 1. The van der Waals surface area contributed by atoms with E-state index in [1.165, 1.54) is 24.6 Å². The molecule has 7 heteroatoms. The van der Waals surface area contributed by atoms with Gasteiger partial charge < -0.3 is 10.1 Å². The third-order valence-corrected chi connectivity index (χ3v) is 4.24. The second kappa shape index (κ2) is 7.45. The van der Waals surface area contributed by atoms with Gasteiger partial charge in [-0.3, -0.25) is 14.9 Å². The molecule has 0 spiro atoms. The molecule has 0 radical (unpaired) electrons. The maximum absolute atomic E-state index is 11.9. The first-order valence-corrected chi connectivity index (χ1v) is 7.71. The van der Waals surface area contributed by atoms with E-state index >= 15 is 0 Å². The highest BCUT2D eigenvalue weighted by molar-refractivity contribution is 6.32. The molecule has 1 amide bonds. The minimum absolute atomic E-state index is 0.113. The number of benzene rings is 1. The lowest BCUT2D eigenvalue weighted by Gasteiger charge is -2.29. The number of hydrogen-bond donors (Lipinski definition) is 1. The molecule has 1 N–H and O–H groups in total. The largest absolute Gasteiger partial charge is 0.482 e. The zero-order valence-corrected chi connectivity index (χ0v) is 13.1. The van der Waals surface area contributed by atoms with Crippen LogP contribution in [0, 0.1) is 16.0 Å². The van der Waals surface area contributed by atoms with Crippen molar-refractivity contribution in [2.24, 2.45) is 5.92 Å². The van der Waals surface area contributed by atoms with Crippen LogP contribution >= 0.6 is 11.6 Å². The maximum Gasteiger partial charge on any atom is 0.271 e. The van der Waals surface area contributed by atoms with Crippen LogP contribution in [0.4, 0.5) is 5.69 Å². The summed E-state index contributed by atoms with van der Waals surface area (Å²) in [5.41, 5.74) is -0.113. The van der Waals surface area contributed by atoms with Crippen LogP contribution in [0.1, 0.15) is 32.6 Å². The third kappa shape index (κ3) is 4.34. The number of nitro benzene ring substituents is 1. The van der Waals surface area contributed by atoms with Gasteiger partial charge in [0.05, 0.1) is 9.95 Å². The van der Waals surface area contributed by atoms with E-state index in [9.17, 15) is 14.9 Å². The predicted molar refractivity (Wildman–Crippen MR) is 83.2 cm³/mol. The molecule has 0 aliphatic heterocycles. The van der Waals surface area contributed by atoms with Crippen molar-refractivity contribution in [3.8, 4) is 5.75 Å². The Balaban J connectivity index is 1.87. The van der Waals surface area contributed by atoms with Gasteiger partial charge in [-0.15, -0.1) is 0 Å². The summed E-state index contributed by atoms with van der Waals surface area (Å²) in [6.45, 7) is 1.99. The molecule has 0 aromatic heterocycles. The first kappa shape index (κ1) is 16.5. The molecule has 6 nitrogen and oxygen atoms in total. The van der Waals surface area contributed by atoms with E-state index in [0.29, 0.717) is 5.92 Å². The fourth-order valence-corrected chi connectivity index (χ4v) is 2.87. The van der Waals surface area contributed by atoms with Crippen molar-refractivity contribution in [2.75, 3.05) is 6.61 Å². The highest BCUT2D eigenvalue weighted by Gasteiger charge is 2.23. The predicted octanol–water partition coefficient (Wildman–Crippen LogP) is 3.32. The van der Waals surface area contributed by atoms with E-state index in [1.54, 1.807) is 0 Å². The normalized spacial score (nSPS) is 21.2. The fourth-order valence-electron chi connectivity index (χ4n) is 2.64. The minimum atomic E-state index is -0.535. The van der Waals surface area contributed by atoms with Gasteiger partial charge in [0, 0.05) is 18.2 Å². The molecule has 1 aromatic carbocycles. The Morgan fingerprint density at radius 3 is 2.82 bits per heavy atom. The van der Waals surface area contributed by atoms with Crippen molar-refractivity contribution in [3.63, 3.8) is 0 Å². The van der Waals surface area contributed by atoms with Crippen molar-refractivity contribution in [2.45, 2.75) is 38.6 Å². The van der Waals surface area contributed by atoms with Crippen molar-refractivity contribution >= 4 is 23.2 Å². The number of nitrogens with one attached hydrogen (secondary N) is 1. The van der Waals surface area contributed by atoms with Crippen LogP contribution in [0.2, 0.25) is 5.02 Å². The minimum Gasteiger partial charge on any atom is -0.482 e. The molecule has 1 fully saturated rings. The van der Waals surface area contributed by atoms with E-state index in [-0.39, 0.29) is 35.0 Å². The number of non-ortho nitro benzene ring substituents is 1. The molecule has 0 heterocycles. The summed E-state index contributed by atoms with van der Waals surface area (Å²) in [6.07, 6.45) is 4.46. The molecule has 1 aliphatic carbocycles. The van der Waals surface area contributed by atoms with Gasteiger partial charge >= 0.3 is 0 Å². The van der Waals surface area contributed by atoms with Crippen LogP contribution in [0.5, 0.6) is 5.75 Å². The smallest absolute Gasteiger partial charge is 0.271 e. The molecular weight excluding hydrogens is 308 g/mol. The van der Waals surface area contributed by atoms with Crippen LogP contribution in [0.15, 0.2) is 18.2 Å². The average molecular weight is 327 g/mol. The summed E-state index contributed by atoms with van der Waals surface area (Å²) in [7, 11) is 0. The molecule has 2 rings (SSSR count). The second-order valence-electron chi connectivity index (χ2n) is 5.60. The second-order valence-corrected chi connectivity index (χ2v) is 6.00. The highest BCUT2D eigenvalue weighted by atomic mass is 35.5. The van der Waals surface area contributed by atoms with E-state index in [0.717, 1.165) is 19.3 Å². The van der Waals surface area contributed by atoms with E-state index in [4.69, 9.17) is 16.3 Å². The fraction of sp³-hybridized carbons (Fsp3) is 0.533. The van der Waals surface area contributed by atoms with Crippen molar-refractivity contribution in [1.29, 1.82) is 0 Å². The summed E-state index contributed by atoms with van der Waals surface area (Å²) in [4.78, 5) is 22.0. The Bertz CT molecular complexity index is 564. The van der Waals surface area contributed by atoms with Gasteiger partial charge in [-0.05, 0) is 24.8 Å². The molecule has 0 saturated heterocycles. The number of nitro groups is 1. The summed E-state index contributed by atoms with van der Waals surface area (Å²) < 4.78 is 5.34. The third-order valence-electron chi connectivity index (χ3n) is 3.94. The molecule has 1 saturated carbocycles. The summed E-state index contributed by atoms with van der Waals surface area (Å²) in [5, 5.41) is 13.7. The molecule has 120 valence electrons. The lowest BCUT2D eigenvalue weighted by atomic mass is 9.86. The van der Waals surface area contributed by atoms with Gasteiger partial charge in [-0.1, -0.05) is 31.4 Å². The van der Waals surface area contributed by atoms with Crippen LogP contribution in [0.25, 0.3) is 0 Å². The topological polar surface area (TPSA) is 81.5 Å². The number of halogens is 1. The Labute approximate surface area is 133 Å². The zero-order chi connectivity index (χ0) is 16.1. The van der Waals surface area contributed by atoms with Crippen molar-refractivity contribution < 1.29 is 14.5 Å². The standard InChI is InChI=1S/C15H19ClN2O4/c1-10-4-2-3-5-13(10)17-15(19)9-22-14-7-6-11(18(20)21)8-12(14)16/h6-8,10,13H,2-5,9H2,1H3,(H,17,19). The van der Waals surface area contributed by atoms with Gasteiger partial charge in [0.25, 0.3) is 11.6 Å². The number of ether oxygens (including phenoxy) is 1. The maximum atomic E-state index is 11.9.